The van der Waals surface area contributed by atoms with Gasteiger partial charge in [0.15, 0.2) is 0 Å². The molecule has 142 valence electrons. The van der Waals surface area contributed by atoms with Crippen molar-refractivity contribution in [1.82, 2.24) is 4.98 Å². The fourth-order valence-electron chi connectivity index (χ4n) is 3.41. The Hall–Kier alpha value is -3.98. The van der Waals surface area contributed by atoms with Gasteiger partial charge in [-0.05, 0) is 54.8 Å². The van der Waals surface area contributed by atoms with E-state index in [1.54, 1.807) is 35.2 Å². The Morgan fingerprint density at radius 2 is 1.79 bits per heavy atom. The number of carbonyl (C=O) groups is 2. The van der Waals surface area contributed by atoms with Crippen LogP contribution in [0.1, 0.15) is 38.3 Å². The molecule has 0 fully saturated rings. The summed E-state index contributed by atoms with van der Waals surface area (Å²) in [6, 6.07) is 18.0. The summed E-state index contributed by atoms with van der Waals surface area (Å²) in [6.07, 6.45) is 4.76. The lowest BCUT2D eigenvalue weighted by Crippen LogP contribution is -2.35. The molecule has 3 aromatic rings. The Bertz CT molecular complexity index is 1120. The summed E-state index contributed by atoms with van der Waals surface area (Å²) in [6.45, 7) is 0.636. The van der Waals surface area contributed by atoms with Gasteiger partial charge in [0.25, 0.3) is 11.8 Å². The van der Waals surface area contributed by atoms with Gasteiger partial charge in [-0.3, -0.25) is 14.6 Å². The molecule has 0 radical (unpaired) electrons. The molecule has 1 aliphatic heterocycles. The Kier molecular flexibility index (Phi) is 5.04. The van der Waals surface area contributed by atoms with Crippen LogP contribution in [0.4, 0.5) is 11.4 Å². The maximum Gasteiger partial charge on any atom is 0.259 e. The molecule has 6 nitrogen and oxygen atoms in total. The second kappa shape index (κ2) is 7.95. The highest BCUT2D eigenvalue weighted by Crippen LogP contribution is 2.28. The largest absolute Gasteiger partial charge is 0.322 e. The van der Waals surface area contributed by atoms with Gasteiger partial charge in [-0.25, -0.2) is 0 Å². The third-order valence-corrected chi connectivity index (χ3v) is 4.87. The van der Waals surface area contributed by atoms with Gasteiger partial charge in [0.1, 0.15) is 0 Å². The quantitative estimate of drug-likeness (QED) is 0.746. The molecular formula is C23H18N4O2. The normalized spacial score (nSPS) is 12.6. The summed E-state index contributed by atoms with van der Waals surface area (Å²) in [7, 11) is 0. The third kappa shape index (κ3) is 3.85. The molecule has 0 spiro atoms. The molecule has 2 aromatic carbocycles. The molecule has 0 unspecified atom stereocenters. The maximum atomic E-state index is 13.1. The van der Waals surface area contributed by atoms with E-state index >= 15 is 0 Å². The molecule has 0 bridgehead atoms. The van der Waals surface area contributed by atoms with Gasteiger partial charge in [0.05, 0.1) is 22.8 Å². The number of hydrogen-bond donors (Lipinski definition) is 1. The number of para-hydroxylation sites is 1. The summed E-state index contributed by atoms with van der Waals surface area (Å²) >= 11 is 0. The fraction of sp³-hybridized carbons (Fsp3) is 0.130. The summed E-state index contributed by atoms with van der Waals surface area (Å²) in [4.78, 5) is 31.5. The van der Waals surface area contributed by atoms with E-state index in [2.05, 4.69) is 10.3 Å². The first-order valence-corrected chi connectivity index (χ1v) is 9.32. The van der Waals surface area contributed by atoms with E-state index in [0.717, 1.165) is 24.1 Å². The molecule has 0 aliphatic carbocycles. The van der Waals surface area contributed by atoms with Crippen molar-refractivity contribution < 1.29 is 9.59 Å². The van der Waals surface area contributed by atoms with Crippen LogP contribution in [0, 0.1) is 11.3 Å². The SMILES string of the molecule is N#Cc1ccc(NC(=O)c2cncc(C(=O)N3CCCc4ccccc43)c2)cc1. The number of carbonyl (C=O) groups excluding carboxylic acids is 2. The lowest BCUT2D eigenvalue weighted by Gasteiger charge is -2.29. The number of nitriles is 1. The lowest BCUT2D eigenvalue weighted by atomic mass is 10.0. The van der Waals surface area contributed by atoms with E-state index in [-0.39, 0.29) is 11.8 Å². The minimum Gasteiger partial charge on any atom is -0.322 e. The summed E-state index contributed by atoms with van der Waals surface area (Å²) in [5, 5.41) is 11.6. The van der Waals surface area contributed by atoms with Crippen molar-refractivity contribution in [3.63, 3.8) is 0 Å². The van der Waals surface area contributed by atoms with Crippen molar-refractivity contribution in [2.75, 3.05) is 16.8 Å². The van der Waals surface area contributed by atoms with Crippen molar-refractivity contribution in [1.29, 1.82) is 5.26 Å². The molecule has 0 saturated carbocycles. The van der Waals surface area contributed by atoms with Crippen LogP contribution in [-0.2, 0) is 6.42 Å². The highest BCUT2D eigenvalue weighted by Gasteiger charge is 2.24. The first-order valence-electron chi connectivity index (χ1n) is 9.32. The van der Waals surface area contributed by atoms with Gasteiger partial charge in [-0.15, -0.1) is 0 Å². The number of hydrogen-bond acceptors (Lipinski definition) is 4. The highest BCUT2D eigenvalue weighted by molar-refractivity contribution is 6.09. The van der Waals surface area contributed by atoms with Gasteiger partial charge < -0.3 is 10.2 Å². The zero-order valence-corrected chi connectivity index (χ0v) is 15.6. The first-order chi connectivity index (χ1) is 14.2. The van der Waals surface area contributed by atoms with Crippen molar-refractivity contribution in [3.05, 3.63) is 89.2 Å². The van der Waals surface area contributed by atoms with Crippen LogP contribution in [0.25, 0.3) is 0 Å². The second-order valence-corrected chi connectivity index (χ2v) is 6.79. The Morgan fingerprint density at radius 3 is 2.59 bits per heavy atom. The van der Waals surface area contributed by atoms with E-state index < -0.39 is 0 Å². The summed E-state index contributed by atoms with van der Waals surface area (Å²) < 4.78 is 0. The topological polar surface area (TPSA) is 86.1 Å². The Morgan fingerprint density at radius 1 is 1.03 bits per heavy atom. The van der Waals surface area contributed by atoms with Gasteiger partial charge in [0.2, 0.25) is 0 Å². The Balaban J connectivity index is 1.55. The van der Waals surface area contributed by atoms with E-state index in [1.807, 2.05) is 30.3 Å². The number of amides is 2. The molecule has 1 aromatic heterocycles. The Labute approximate surface area is 168 Å². The number of anilines is 2. The van der Waals surface area contributed by atoms with Crippen LogP contribution in [0.15, 0.2) is 67.0 Å². The molecule has 1 N–H and O–H groups in total. The van der Waals surface area contributed by atoms with E-state index in [4.69, 9.17) is 5.26 Å². The van der Waals surface area contributed by atoms with Crippen molar-refractivity contribution in [2.45, 2.75) is 12.8 Å². The standard InChI is InChI=1S/C23H18N4O2/c24-13-16-7-9-20(10-8-16)26-22(28)18-12-19(15-25-14-18)23(29)27-11-3-5-17-4-1-2-6-21(17)27/h1-2,4,6-10,12,14-15H,3,5,11H2,(H,26,28). The molecule has 0 atom stereocenters. The number of benzene rings is 2. The average Bonchev–Trinajstić information content (AvgIpc) is 2.79. The summed E-state index contributed by atoms with van der Waals surface area (Å²) in [5.41, 5.74) is 3.81. The lowest BCUT2D eigenvalue weighted by molar-refractivity contribution is 0.0984. The zero-order chi connectivity index (χ0) is 20.2. The number of fused-ring (bicyclic) bond motifs is 1. The molecule has 0 saturated heterocycles. The maximum absolute atomic E-state index is 13.1. The molecule has 1 aliphatic rings. The van der Waals surface area contributed by atoms with Crippen molar-refractivity contribution >= 4 is 23.2 Å². The minimum atomic E-state index is -0.365. The molecule has 6 heteroatoms. The fourth-order valence-corrected chi connectivity index (χ4v) is 3.41. The number of aromatic nitrogens is 1. The minimum absolute atomic E-state index is 0.169. The van der Waals surface area contributed by atoms with Crippen LogP contribution >= 0.6 is 0 Å². The monoisotopic (exact) mass is 382 g/mol. The number of aryl methyl sites for hydroxylation is 1. The van der Waals surface area contributed by atoms with E-state index in [0.29, 0.717) is 28.9 Å². The number of pyridine rings is 1. The number of nitrogens with zero attached hydrogens (tertiary/aromatic N) is 3. The molecule has 2 amide bonds. The average molecular weight is 382 g/mol. The van der Waals surface area contributed by atoms with Gasteiger partial charge in [-0.2, -0.15) is 5.26 Å². The third-order valence-electron chi connectivity index (χ3n) is 4.87. The first kappa shape index (κ1) is 18.4. The molecule has 29 heavy (non-hydrogen) atoms. The zero-order valence-electron chi connectivity index (χ0n) is 15.6. The smallest absolute Gasteiger partial charge is 0.259 e. The number of rotatable bonds is 3. The van der Waals surface area contributed by atoms with Gasteiger partial charge >= 0.3 is 0 Å². The van der Waals surface area contributed by atoms with Crippen molar-refractivity contribution in [3.8, 4) is 6.07 Å². The predicted molar refractivity (Wildman–Crippen MR) is 110 cm³/mol. The van der Waals surface area contributed by atoms with Crippen LogP contribution in [-0.4, -0.2) is 23.3 Å². The summed E-state index contributed by atoms with van der Waals surface area (Å²) in [5.74, 6) is -0.534. The highest BCUT2D eigenvalue weighted by atomic mass is 16.2. The number of nitrogens with one attached hydrogen (secondary N) is 1. The molecule has 2 heterocycles. The van der Waals surface area contributed by atoms with Crippen molar-refractivity contribution in [2.24, 2.45) is 0 Å². The van der Waals surface area contributed by atoms with Crippen LogP contribution < -0.4 is 10.2 Å². The van der Waals surface area contributed by atoms with Gasteiger partial charge in [0, 0.05) is 30.3 Å². The molecular weight excluding hydrogens is 364 g/mol. The predicted octanol–water partition coefficient (Wildman–Crippen LogP) is 3.80. The second-order valence-electron chi connectivity index (χ2n) is 6.79. The van der Waals surface area contributed by atoms with E-state index in [1.165, 1.54) is 12.4 Å². The van der Waals surface area contributed by atoms with Crippen LogP contribution in [0.2, 0.25) is 0 Å². The van der Waals surface area contributed by atoms with Gasteiger partial charge in [-0.1, -0.05) is 18.2 Å². The van der Waals surface area contributed by atoms with Crippen LogP contribution in [0.3, 0.4) is 0 Å². The van der Waals surface area contributed by atoms with Crippen LogP contribution in [0.5, 0.6) is 0 Å². The van der Waals surface area contributed by atoms with E-state index in [9.17, 15) is 9.59 Å². The molecule has 4 rings (SSSR count).